The maximum atomic E-state index is 13.0. The lowest BCUT2D eigenvalue weighted by atomic mass is 10.1. The quantitative estimate of drug-likeness (QED) is 0.803. The Balaban J connectivity index is 2.24. The Morgan fingerprint density at radius 3 is 2.62 bits per heavy atom. The SMILES string of the molecule is CCc1cc2nc(-c3ccc(F)cc3)cc(C(=O)O)n2n1. The molecule has 0 unspecified atom stereocenters. The average Bonchev–Trinajstić information content (AvgIpc) is 2.89. The lowest BCUT2D eigenvalue weighted by Gasteiger charge is -2.05. The largest absolute Gasteiger partial charge is 0.477 e. The Hall–Kier alpha value is -2.76. The number of halogens is 1. The molecule has 0 aliphatic carbocycles. The molecule has 2 heterocycles. The molecule has 3 aromatic rings. The van der Waals surface area contributed by atoms with Crippen LogP contribution in [0, 0.1) is 5.82 Å². The molecule has 0 amide bonds. The van der Waals surface area contributed by atoms with E-state index in [4.69, 9.17) is 0 Å². The standard InChI is InChI=1S/C15H12FN3O2/c1-2-11-7-14-17-12(9-3-5-10(16)6-4-9)8-13(15(20)21)19(14)18-11/h3-8H,2H2,1H3,(H,20,21). The number of rotatable bonds is 3. The molecule has 0 spiro atoms. The first-order valence-electron chi connectivity index (χ1n) is 6.47. The van der Waals surface area contributed by atoms with Crippen molar-refractivity contribution >= 4 is 11.6 Å². The van der Waals surface area contributed by atoms with Crippen LogP contribution in [0.2, 0.25) is 0 Å². The first-order valence-corrected chi connectivity index (χ1v) is 6.47. The van der Waals surface area contributed by atoms with Crippen LogP contribution in [0.5, 0.6) is 0 Å². The van der Waals surface area contributed by atoms with Crippen LogP contribution in [0.3, 0.4) is 0 Å². The zero-order chi connectivity index (χ0) is 15.0. The van der Waals surface area contributed by atoms with E-state index in [0.29, 0.717) is 23.3 Å². The highest BCUT2D eigenvalue weighted by Gasteiger charge is 2.15. The summed E-state index contributed by atoms with van der Waals surface area (Å²) in [6.07, 6.45) is 0.689. The molecule has 0 bridgehead atoms. The normalized spacial score (nSPS) is 11.0. The first-order chi connectivity index (χ1) is 10.1. The van der Waals surface area contributed by atoms with Crippen molar-refractivity contribution in [3.8, 4) is 11.3 Å². The lowest BCUT2D eigenvalue weighted by Crippen LogP contribution is -2.08. The molecule has 5 nitrogen and oxygen atoms in total. The van der Waals surface area contributed by atoms with Gasteiger partial charge in [-0.2, -0.15) is 5.10 Å². The number of benzene rings is 1. The molecule has 0 atom stereocenters. The maximum absolute atomic E-state index is 13.0. The predicted octanol–water partition coefficient (Wildman–Crippen LogP) is 2.80. The highest BCUT2D eigenvalue weighted by Crippen LogP contribution is 2.21. The maximum Gasteiger partial charge on any atom is 0.354 e. The predicted molar refractivity (Wildman–Crippen MR) is 74.7 cm³/mol. The van der Waals surface area contributed by atoms with Gasteiger partial charge in [0.15, 0.2) is 11.3 Å². The van der Waals surface area contributed by atoms with E-state index in [1.165, 1.54) is 22.7 Å². The van der Waals surface area contributed by atoms with Gasteiger partial charge in [-0.1, -0.05) is 6.92 Å². The van der Waals surface area contributed by atoms with E-state index in [-0.39, 0.29) is 11.5 Å². The molecule has 0 saturated heterocycles. The molecule has 21 heavy (non-hydrogen) atoms. The second kappa shape index (κ2) is 4.97. The summed E-state index contributed by atoms with van der Waals surface area (Å²) in [4.78, 5) is 15.8. The molecule has 0 aliphatic heterocycles. The second-order valence-corrected chi connectivity index (χ2v) is 4.60. The molecule has 0 saturated carbocycles. The van der Waals surface area contributed by atoms with E-state index >= 15 is 0 Å². The van der Waals surface area contributed by atoms with E-state index in [1.54, 1.807) is 18.2 Å². The number of hydrogen-bond donors (Lipinski definition) is 1. The van der Waals surface area contributed by atoms with Crippen molar-refractivity contribution < 1.29 is 14.3 Å². The topological polar surface area (TPSA) is 67.5 Å². The molecule has 1 aromatic carbocycles. The van der Waals surface area contributed by atoms with Crippen LogP contribution in [0.4, 0.5) is 4.39 Å². The fourth-order valence-electron chi connectivity index (χ4n) is 2.12. The Bertz CT molecular complexity index is 825. The number of carboxylic acids is 1. The van der Waals surface area contributed by atoms with E-state index in [1.807, 2.05) is 6.92 Å². The zero-order valence-electron chi connectivity index (χ0n) is 11.2. The van der Waals surface area contributed by atoms with E-state index in [2.05, 4.69) is 10.1 Å². The van der Waals surface area contributed by atoms with Crippen molar-refractivity contribution in [1.29, 1.82) is 0 Å². The fraction of sp³-hybridized carbons (Fsp3) is 0.133. The van der Waals surface area contributed by atoms with Gasteiger partial charge in [0.05, 0.1) is 11.4 Å². The summed E-state index contributed by atoms with van der Waals surface area (Å²) >= 11 is 0. The summed E-state index contributed by atoms with van der Waals surface area (Å²) in [6.45, 7) is 1.93. The fourth-order valence-corrected chi connectivity index (χ4v) is 2.12. The summed E-state index contributed by atoms with van der Waals surface area (Å²) in [7, 11) is 0. The smallest absolute Gasteiger partial charge is 0.354 e. The number of nitrogens with zero attached hydrogens (tertiary/aromatic N) is 3. The number of fused-ring (bicyclic) bond motifs is 1. The van der Waals surface area contributed by atoms with Crippen molar-refractivity contribution in [3.05, 3.63) is 53.6 Å². The van der Waals surface area contributed by atoms with Gasteiger partial charge in [-0.3, -0.25) is 0 Å². The summed E-state index contributed by atoms with van der Waals surface area (Å²) in [6, 6.07) is 8.95. The van der Waals surface area contributed by atoms with Gasteiger partial charge in [-0.15, -0.1) is 0 Å². The van der Waals surface area contributed by atoms with Gasteiger partial charge in [-0.05, 0) is 36.8 Å². The number of carbonyl (C=O) groups is 1. The molecule has 2 aromatic heterocycles. The van der Waals surface area contributed by atoms with E-state index in [9.17, 15) is 14.3 Å². The van der Waals surface area contributed by atoms with E-state index in [0.717, 1.165) is 5.69 Å². The molecular formula is C15H12FN3O2. The van der Waals surface area contributed by atoms with Crippen molar-refractivity contribution in [2.45, 2.75) is 13.3 Å². The highest BCUT2D eigenvalue weighted by atomic mass is 19.1. The minimum atomic E-state index is -1.09. The molecule has 106 valence electrons. The number of aromatic carboxylic acids is 1. The Morgan fingerprint density at radius 2 is 2.00 bits per heavy atom. The third-order valence-corrected chi connectivity index (χ3v) is 3.20. The first kappa shape index (κ1) is 13.2. The number of aryl methyl sites for hydroxylation is 1. The molecule has 0 fully saturated rings. The van der Waals surface area contributed by atoms with Crippen LogP contribution in [-0.4, -0.2) is 25.7 Å². The number of carboxylic acid groups (broad SMARTS) is 1. The lowest BCUT2D eigenvalue weighted by molar-refractivity contribution is 0.0687. The van der Waals surface area contributed by atoms with Gasteiger partial charge in [0.1, 0.15) is 5.82 Å². The zero-order valence-corrected chi connectivity index (χ0v) is 11.2. The third kappa shape index (κ3) is 2.35. The molecular weight excluding hydrogens is 273 g/mol. The van der Waals surface area contributed by atoms with Crippen LogP contribution in [0.15, 0.2) is 36.4 Å². The third-order valence-electron chi connectivity index (χ3n) is 3.20. The highest BCUT2D eigenvalue weighted by molar-refractivity contribution is 5.88. The monoisotopic (exact) mass is 285 g/mol. The van der Waals surface area contributed by atoms with Crippen molar-refractivity contribution in [2.75, 3.05) is 0 Å². The van der Waals surface area contributed by atoms with Gasteiger partial charge >= 0.3 is 5.97 Å². The van der Waals surface area contributed by atoms with Crippen molar-refractivity contribution in [1.82, 2.24) is 14.6 Å². The summed E-state index contributed by atoms with van der Waals surface area (Å²) in [5, 5.41) is 13.5. The van der Waals surface area contributed by atoms with Crippen molar-refractivity contribution in [3.63, 3.8) is 0 Å². The second-order valence-electron chi connectivity index (χ2n) is 4.60. The summed E-state index contributed by atoms with van der Waals surface area (Å²) in [5.41, 5.74) is 2.38. The average molecular weight is 285 g/mol. The van der Waals surface area contributed by atoms with Gasteiger partial charge in [0.2, 0.25) is 0 Å². The van der Waals surface area contributed by atoms with Gasteiger partial charge in [0.25, 0.3) is 0 Å². The molecule has 0 radical (unpaired) electrons. The Morgan fingerprint density at radius 1 is 1.29 bits per heavy atom. The minimum absolute atomic E-state index is 0.0269. The molecule has 1 N–H and O–H groups in total. The minimum Gasteiger partial charge on any atom is -0.477 e. The van der Waals surface area contributed by atoms with Crippen molar-refractivity contribution in [2.24, 2.45) is 0 Å². The van der Waals surface area contributed by atoms with Crippen LogP contribution >= 0.6 is 0 Å². The Labute approximate surface area is 119 Å². The molecule has 3 rings (SSSR count). The van der Waals surface area contributed by atoms with Crippen LogP contribution in [0.1, 0.15) is 23.1 Å². The Kier molecular flexibility index (Phi) is 3.13. The number of aromatic nitrogens is 3. The molecule has 6 heteroatoms. The van der Waals surface area contributed by atoms with Crippen LogP contribution < -0.4 is 0 Å². The summed E-state index contributed by atoms with van der Waals surface area (Å²) < 4.78 is 14.3. The summed E-state index contributed by atoms with van der Waals surface area (Å²) in [5.74, 6) is -1.44. The number of hydrogen-bond acceptors (Lipinski definition) is 3. The molecule has 0 aliphatic rings. The van der Waals surface area contributed by atoms with Crippen LogP contribution in [0.25, 0.3) is 16.9 Å². The van der Waals surface area contributed by atoms with Gasteiger partial charge in [-0.25, -0.2) is 18.7 Å². The van der Waals surface area contributed by atoms with Crippen LogP contribution in [-0.2, 0) is 6.42 Å². The van der Waals surface area contributed by atoms with Gasteiger partial charge < -0.3 is 5.11 Å². The van der Waals surface area contributed by atoms with Gasteiger partial charge in [0, 0.05) is 11.6 Å². The van der Waals surface area contributed by atoms with E-state index < -0.39 is 5.97 Å².